The number of aromatic nitrogens is 3. The summed E-state index contributed by atoms with van der Waals surface area (Å²) < 4.78 is 18.6. The van der Waals surface area contributed by atoms with E-state index in [1.807, 2.05) is 77.4 Å². The smallest absolute Gasteiger partial charge is 0.280 e. The van der Waals surface area contributed by atoms with E-state index in [0.29, 0.717) is 68.4 Å². The number of thioether (sulfide) groups is 1. The predicted molar refractivity (Wildman–Crippen MR) is 196 cm³/mol. The third-order valence-electron chi connectivity index (χ3n) is 8.00. The maximum Gasteiger partial charge on any atom is 0.280 e. The Morgan fingerprint density at radius 3 is 2.08 bits per heavy atom. The van der Waals surface area contributed by atoms with E-state index in [1.165, 1.54) is 0 Å². The van der Waals surface area contributed by atoms with Gasteiger partial charge in [0.05, 0.1) is 61.2 Å². The van der Waals surface area contributed by atoms with Crippen LogP contribution < -0.4 is 20.9 Å². The van der Waals surface area contributed by atoms with Gasteiger partial charge in [-0.1, -0.05) is 48.5 Å². The summed E-state index contributed by atoms with van der Waals surface area (Å²) in [5, 5.41) is 9.11. The maximum absolute atomic E-state index is 13.0. The van der Waals surface area contributed by atoms with Crippen LogP contribution >= 0.6 is 11.8 Å². The summed E-state index contributed by atoms with van der Waals surface area (Å²) in [5.74, 6) is 1.89. The van der Waals surface area contributed by atoms with Crippen molar-refractivity contribution in [3.05, 3.63) is 113 Å². The summed E-state index contributed by atoms with van der Waals surface area (Å²) in [7, 11) is 1.64. The average molecular weight is 678 g/mol. The average Bonchev–Trinajstić information content (AvgIpc) is 3.13. The summed E-state index contributed by atoms with van der Waals surface area (Å²) in [6, 6.07) is 31.3. The first-order valence-electron chi connectivity index (χ1n) is 16.3. The lowest BCUT2D eigenvalue weighted by molar-refractivity contribution is -0.121. The molecule has 2 N–H and O–H groups in total. The Bertz CT molecular complexity index is 2030. The van der Waals surface area contributed by atoms with Gasteiger partial charge < -0.3 is 29.4 Å². The molecule has 0 aliphatic rings. The fraction of sp³-hybridized carbons (Fsp3) is 0.263. The number of nitrogens with zero attached hydrogens (tertiary/aromatic N) is 3. The van der Waals surface area contributed by atoms with E-state index >= 15 is 0 Å². The number of hydrogen-bond donors (Lipinski definition) is 2. The van der Waals surface area contributed by atoms with Gasteiger partial charge in [0.25, 0.3) is 5.56 Å². The van der Waals surface area contributed by atoms with Gasteiger partial charge in [-0.05, 0) is 48.5 Å². The standard InChI is InChI=1S/C38H39N5O5S/c1-46-27-14-16-28(17-15-27)49-25-18-35-42-38(45)31-10-4-7-13-34(31)43(35)26-36(44)39-19-21-47-23-24-48-22-20-40-37-29-8-2-5-11-32(29)41-33-12-6-3-9-30(33)37/h2-17H,18-26H2,1H3,(H,39,44)(H,40,41). The first kappa shape index (κ1) is 33.9. The third-order valence-corrected chi connectivity index (χ3v) is 9.01. The van der Waals surface area contributed by atoms with Crippen LogP contribution in [0.1, 0.15) is 5.82 Å². The van der Waals surface area contributed by atoms with Crippen molar-refractivity contribution in [2.45, 2.75) is 17.9 Å². The minimum atomic E-state index is -0.289. The van der Waals surface area contributed by atoms with E-state index in [4.69, 9.17) is 19.2 Å². The lowest BCUT2D eigenvalue weighted by Crippen LogP contribution is -2.33. The molecule has 0 aliphatic carbocycles. The molecule has 6 rings (SSSR count). The van der Waals surface area contributed by atoms with Crippen molar-refractivity contribution >= 4 is 56.1 Å². The van der Waals surface area contributed by atoms with Crippen molar-refractivity contribution in [1.29, 1.82) is 0 Å². The second kappa shape index (κ2) is 16.9. The summed E-state index contributed by atoms with van der Waals surface area (Å²) in [6.07, 6.45) is 0.526. The Kier molecular flexibility index (Phi) is 11.7. The first-order valence-corrected chi connectivity index (χ1v) is 17.3. The van der Waals surface area contributed by atoms with Crippen LogP contribution in [0.3, 0.4) is 0 Å². The summed E-state index contributed by atoms with van der Waals surface area (Å²) in [6.45, 7) is 2.79. The number of nitrogens with one attached hydrogen (secondary N) is 2. The van der Waals surface area contributed by atoms with Gasteiger partial charge in [-0.15, -0.1) is 11.8 Å². The fourth-order valence-corrected chi connectivity index (χ4v) is 6.48. The normalized spacial score (nSPS) is 11.3. The van der Waals surface area contributed by atoms with E-state index in [0.717, 1.165) is 38.1 Å². The Balaban J connectivity index is 0.929. The van der Waals surface area contributed by atoms with Gasteiger partial charge in [-0.3, -0.25) is 9.59 Å². The highest BCUT2D eigenvalue weighted by Gasteiger charge is 2.14. The molecule has 0 fully saturated rings. The molecule has 10 nitrogen and oxygen atoms in total. The van der Waals surface area contributed by atoms with E-state index < -0.39 is 0 Å². The molecular formula is C38H39N5O5S. The number of fused-ring (bicyclic) bond motifs is 3. The molecule has 0 saturated heterocycles. The van der Waals surface area contributed by atoms with Gasteiger partial charge in [0, 0.05) is 40.9 Å². The number of rotatable bonds is 17. The molecule has 0 radical (unpaired) electrons. The van der Waals surface area contributed by atoms with Crippen LogP contribution in [0.5, 0.6) is 5.75 Å². The molecular weight excluding hydrogens is 639 g/mol. The molecule has 2 aromatic heterocycles. The molecule has 11 heteroatoms. The van der Waals surface area contributed by atoms with Gasteiger partial charge >= 0.3 is 0 Å². The molecule has 2 heterocycles. The summed E-state index contributed by atoms with van der Waals surface area (Å²) >= 11 is 1.66. The largest absolute Gasteiger partial charge is 0.497 e. The highest BCUT2D eigenvalue weighted by molar-refractivity contribution is 7.99. The van der Waals surface area contributed by atoms with E-state index in [2.05, 4.69) is 27.8 Å². The molecule has 0 aliphatic heterocycles. The number of para-hydroxylation sites is 3. The van der Waals surface area contributed by atoms with Gasteiger partial charge in [0.2, 0.25) is 5.91 Å². The Labute approximate surface area is 288 Å². The lowest BCUT2D eigenvalue weighted by atomic mass is 10.1. The second-order valence-electron chi connectivity index (χ2n) is 11.2. The van der Waals surface area contributed by atoms with Crippen molar-refractivity contribution in [2.75, 3.05) is 57.7 Å². The fourth-order valence-electron chi connectivity index (χ4n) is 5.63. The van der Waals surface area contributed by atoms with Crippen molar-refractivity contribution < 1.29 is 19.0 Å². The zero-order valence-electron chi connectivity index (χ0n) is 27.4. The van der Waals surface area contributed by atoms with E-state index in [-0.39, 0.29) is 18.0 Å². The number of aryl methyl sites for hydroxylation is 1. The molecule has 0 atom stereocenters. The van der Waals surface area contributed by atoms with Gasteiger partial charge in [0.15, 0.2) is 0 Å². The SMILES string of the molecule is COc1ccc(SCCc2nc(=O)c3ccccc3n2CC(=O)NCCOCCOCCNc2c3ccccc3nc3ccccc23)cc1. The van der Waals surface area contributed by atoms with Crippen LogP contribution in [0, 0.1) is 0 Å². The van der Waals surface area contributed by atoms with Crippen LogP contribution in [-0.4, -0.2) is 72.8 Å². The molecule has 0 unspecified atom stereocenters. The number of pyridine rings is 1. The number of methoxy groups -OCH3 is 1. The predicted octanol–water partition coefficient (Wildman–Crippen LogP) is 5.70. The highest BCUT2D eigenvalue weighted by Crippen LogP contribution is 2.30. The van der Waals surface area contributed by atoms with Crippen LogP contribution in [0.2, 0.25) is 0 Å². The number of amides is 1. The van der Waals surface area contributed by atoms with Crippen LogP contribution in [0.15, 0.2) is 107 Å². The topological polar surface area (TPSA) is 117 Å². The Morgan fingerprint density at radius 1 is 0.755 bits per heavy atom. The monoisotopic (exact) mass is 677 g/mol. The lowest BCUT2D eigenvalue weighted by Gasteiger charge is -2.16. The van der Waals surface area contributed by atoms with Gasteiger partial charge in [-0.25, -0.2) is 4.98 Å². The first-order chi connectivity index (χ1) is 24.1. The number of ether oxygens (including phenoxy) is 3. The molecule has 0 saturated carbocycles. The van der Waals surface area contributed by atoms with Crippen LogP contribution in [0.4, 0.5) is 5.69 Å². The maximum atomic E-state index is 13.0. The quantitative estimate of drug-likeness (QED) is 0.0712. The number of hydrogen-bond acceptors (Lipinski definition) is 9. The molecule has 0 spiro atoms. The third kappa shape index (κ3) is 8.74. The molecule has 1 amide bonds. The molecule has 0 bridgehead atoms. The van der Waals surface area contributed by atoms with E-state index in [9.17, 15) is 9.59 Å². The highest BCUT2D eigenvalue weighted by atomic mass is 32.2. The van der Waals surface area contributed by atoms with Crippen molar-refractivity contribution in [2.24, 2.45) is 0 Å². The van der Waals surface area contributed by atoms with E-state index in [1.54, 1.807) is 31.0 Å². The minimum absolute atomic E-state index is 0.0501. The number of anilines is 1. The van der Waals surface area contributed by atoms with Crippen LogP contribution in [-0.2, 0) is 27.2 Å². The molecule has 6 aromatic rings. The van der Waals surface area contributed by atoms with Crippen LogP contribution in [0.25, 0.3) is 32.7 Å². The zero-order valence-corrected chi connectivity index (χ0v) is 28.2. The summed E-state index contributed by atoms with van der Waals surface area (Å²) in [4.78, 5) is 36.0. The zero-order chi connectivity index (χ0) is 33.8. The number of carbonyl (C=O) groups is 1. The number of carbonyl (C=O) groups excluding carboxylic acids is 1. The Hall–Kier alpha value is -4.97. The van der Waals surface area contributed by atoms with Gasteiger partial charge in [-0.2, -0.15) is 4.98 Å². The van der Waals surface area contributed by atoms with Gasteiger partial charge in [0.1, 0.15) is 18.1 Å². The minimum Gasteiger partial charge on any atom is -0.497 e. The Morgan fingerprint density at radius 2 is 1.39 bits per heavy atom. The second-order valence-corrected chi connectivity index (χ2v) is 12.4. The number of benzene rings is 4. The summed E-state index contributed by atoms with van der Waals surface area (Å²) in [5.41, 5.74) is 3.36. The molecule has 252 valence electrons. The molecule has 4 aromatic carbocycles. The van der Waals surface area contributed by atoms with Crippen molar-refractivity contribution in [3.8, 4) is 5.75 Å². The van der Waals surface area contributed by atoms with Crippen molar-refractivity contribution in [1.82, 2.24) is 19.9 Å². The van der Waals surface area contributed by atoms with Crippen molar-refractivity contribution in [3.63, 3.8) is 0 Å². The molecule has 49 heavy (non-hydrogen) atoms.